The fourth-order valence-electron chi connectivity index (χ4n) is 1.47. The fraction of sp³-hybridized carbons (Fsp3) is 0.250. The van der Waals surface area contributed by atoms with E-state index in [2.05, 4.69) is 10.2 Å². The van der Waals surface area contributed by atoms with Gasteiger partial charge in [0, 0.05) is 24.8 Å². The number of H-pyrrole nitrogens is 1. The van der Waals surface area contributed by atoms with Gasteiger partial charge in [0.25, 0.3) is 0 Å². The van der Waals surface area contributed by atoms with Gasteiger partial charge in [-0.25, -0.2) is 9.89 Å². The Kier molecular flexibility index (Phi) is 3.99. The van der Waals surface area contributed by atoms with E-state index in [1.807, 2.05) is 18.2 Å². The first-order valence-corrected chi connectivity index (χ1v) is 6.49. The third-order valence-corrected chi connectivity index (χ3v) is 3.53. The molecule has 0 bridgehead atoms. The van der Waals surface area contributed by atoms with Gasteiger partial charge in [-0.15, -0.1) is 5.10 Å². The Morgan fingerprint density at radius 3 is 2.72 bits per heavy atom. The molecule has 0 amide bonds. The van der Waals surface area contributed by atoms with Crippen LogP contribution in [-0.2, 0) is 7.05 Å². The smallest absolute Gasteiger partial charge is 0.294 e. The lowest BCUT2D eigenvalue weighted by molar-refractivity contribution is 0.0989. The van der Waals surface area contributed by atoms with Crippen LogP contribution < -0.4 is 5.69 Å². The van der Waals surface area contributed by atoms with E-state index < -0.39 is 0 Å². The van der Waals surface area contributed by atoms with Gasteiger partial charge in [-0.05, 0) is 0 Å². The highest BCUT2D eigenvalue weighted by Crippen LogP contribution is 2.14. The van der Waals surface area contributed by atoms with Crippen molar-refractivity contribution in [2.45, 2.75) is 11.6 Å². The maximum Gasteiger partial charge on any atom is 0.343 e. The van der Waals surface area contributed by atoms with Crippen molar-refractivity contribution >= 4 is 17.5 Å². The van der Waals surface area contributed by atoms with Crippen LogP contribution >= 0.6 is 11.8 Å². The van der Waals surface area contributed by atoms with Gasteiger partial charge in [-0.2, -0.15) is 0 Å². The molecule has 5 nitrogen and oxygen atoms in total. The van der Waals surface area contributed by atoms with Crippen LogP contribution in [0.2, 0.25) is 0 Å². The van der Waals surface area contributed by atoms with E-state index >= 15 is 0 Å². The summed E-state index contributed by atoms with van der Waals surface area (Å²) in [6.07, 6.45) is 0.426. The molecule has 0 fully saturated rings. The highest BCUT2D eigenvalue weighted by atomic mass is 32.2. The number of aromatic amines is 1. The minimum Gasteiger partial charge on any atom is -0.294 e. The zero-order valence-electron chi connectivity index (χ0n) is 9.92. The number of ketones is 1. The summed E-state index contributed by atoms with van der Waals surface area (Å²) in [6.45, 7) is 0. The van der Waals surface area contributed by atoms with Crippen LogP contribution in [0.5, 0.6) is 0 Å². The van der Waals surface area contributed by atoms with Crippen molar-refractivity contribution in [3.8, 4) is 0 Å². The molecule has 0 unspecified atom stereocenters. The first-order chi connectivity index (χ1) is 8.68. The lowest BCUT2D eigenvalue weighted by Crippen LogP contribution is -2.13. The topological polar surface area (TPSA) is 67.8 Å². The number of thioether (sulfide) groups is 1. The molecule has 1 N–H and O–H groups in total. The molecule has 1 heterocycles. The van der Waals surface area contributed by atoms with Crippen LogP contribution in [-0.4, -0.2) is 26.3 Å². The molecule has 94 valence electrons. The summed E-state index contributed by atoms with van der Waals surface area (Å²) in [5.74, 6) is 0.704. The van der Waals surface area contributed by atoms with Crippen molar-refractivity contribution in [3.05, 3.63) is 46.4 Å². The average molecular weight is 263 g/mol. The van der Waals surface area contributed by atoms with E-state index in [1.165, 1.54) is 16.3 Å². The minimum atomic E-state index is -0.244. The Labute approximate surface area is 108 Å². The van der Waals surface area contributed by atoms with Crippen molar-refractivity contribution in [2.75, 3.05) is 5.75 Å². The number of nitrogens with zero attached hydrogens (tertiary/aromatic N) is 2. The maximum absolute atomic E-state index is 11.8. The second-order valence-corrected chi connectivity index (χ2v) is 4.82. The number of hydrogen-bond acceptors (Lipinski definition) is 4. The number of Topliss-reactive ketones (excluding diaryl/α,β-unsaturated/α-hetero) is 1. The number of aromatic nitrogens is 3. The van der Waals surface area contributed by atoms with Gasteiger partial charge in [-0.1, -0.05) is 42.1 Å². The van der Waals surface area contributed by atoms with Gasteiger partial charge >= 0.3 is 5.69 Å². The summed E-state index contributed by atoms with van der Waals surface area (Å²) in [5.41, 5.74) is 0.473. The number of hydrogen-bond donors (Lipinski definition) is 1. The van der Waals surface area contributed by atoms with Crippen LogP contribution in [0.3, 0.4) is 0 Å². The zero-order chi connectivity index (χ0) is 13.0. The lowest BCUT2D eigenvalue weighted by atomic mass is 10.1. The molecule has 1 aromatic heterocycles. The molecule has 0 spiro atoms. The number of nitrogens with one attached hydrogen (secondary N) is 1. The standard InChI is InChI=1S/C12H13N3O2S/c1-15-11(17)13-14-12(15)18-8-7-10(16)9-5-3-2-4-6-9/h2-6H,7-8H2,1H3,(H,13,17). The summed E-state index contributed by atoms with van der Waals surface area (Å²) in [6, 6.07) is 9.18. The second kappa shape index (κ2) is 5.68. The van der Waals surface area contributed by atoms with Gasteiger partial charge in [0.2, 0.25) is 0 Å². The molecule has 2 rings (SSSR count). The molecule has 2 aromatic rings. The molecular formula is C12H13N3O2S. The van der Waals surface area contributed by atoms with Gasteiger partial charge in [0.1, 0.15) is 0 Å². The molecule has 6 heteroatoms. The largest absolute Gasteiger partial charge is 0.343 e. The lowest BCUT2D eigenvalue weighted by Gasteiger charge is -2.00. The highest BCUT2D eigenvalue weighted by molar-refractivity contribution is 7.99. The van der Waals surface area contributed by atoms with Crippen LogP contribution in [0.25, 0.3) is 0 Å². The van der Waals surface area contributed by atoms with E-state index in [1.54, 1.807) is 19.2 Å². The van der Waals surface area contributed by atoms with E-state index in [-0.39, 0.29) is 11.5 Å². The third kappa shape index (κ3) is 2.89. The van der Waals surface area contributed by atoms with E-state index in [4.69, 9.17) is 0 Å². The van der Waals surface area contributed by atoms with Gasteiger partial charge < -0.3 is 0 Å². The summed E-state index contributed by atoms with van der Waals surface area (Å²) >= 11 is 1.39. The Hall–Kier alpha value is -1.82. The number of carbonyl (C=O) groups is 1. The Morgan fingerprint density at radius 2 is 2.11 bits per heavy atom. The molecule has 0 radical (unpaired) electrons. The second-order valence-electron chi connectivity index (χ2n) is 3.76. The molecule has 0 aliphatic heterocycles. The average Bonchev–Trinajstić information content (AvgIpc) is 2.71. The van der Waals surface area contributed by atoms with Crippen molar-refractivity contribution in [3.63, 3.8) is 0 Å². The summed E-state index contributed by atoms with van der Waals surface area (Å²) < 4.78 is 1.43. The van der Waals surface area contributed by atoms with Crippen molar-refractivity contribution < 1.29 is 4.79 Å². The molecule has 1 aromatic carbocycles. The number of rotatable bonds is 5. The summed E-state index contributed by atoms with van der Waals surface area (Å²) in [7, 11) is 1.65. The van der Waals surface area contributed by atoms with Crippen LogP contribution in [0.15, 0.2) is 40.3 Å². The Morgan fingerprint density at radius 1 is 1.39 bits per heavy atom. The zero-order valence-corrected chi connectivity index (χ0v) is 10.7. The van der Waals surface area contributed by atoms with E-state index in [9.17, 15) is 9.59 Å². The van der Waals surface area contributed by atoms with Crippen molar-refractivity contribution in [1.82, 2.24) is 14.8 Å². The first kappa shape index (κ1) is 12.6. The SMILES string of the molecule is Cn1c(SCCC(=O)c2ccccc2)n[nH]c1=O. The summed E-state index contributed by atoms with van der Waals surface area (Å²) in [4.78, 5) is 22.9. The number of carbonyl (C=O) groups excluding carboxylic acids is 1. The van der Waals surface area contributed by atoms with Crippen LogP contribution in [0, 0.1) is 0 Å². The predicted molar refractivity (Wildman–Crippen MR) is 69.9 cm³/mol. The maximum atomic E-state index is 11.8. The normalized spacial score (nSPS) is 10.5. The Balaban J connectivity index is 1.88. The monoisotopic (exact) mass is 263 g/mol. The molecule has 18 heavy (non-hydrogen) atoms. The van der Waals surface area contributed by atoms with Crippen molar-refractivity contribution in [2.24, 2.45) is 7.05 Å². The Bertz CT molecular complexity index is 589. The molecule has 0 aliphatic carbocycles. The molecule has 0 saturated heterocycles. The molecule has 0 aliphatic rings. The van der Waals surface area contributed by atoms with E-state index in [0.717, 1.165) is 0 Å². The van der Waals surface area contributed by atoms with Gasteiger partial charge in [-0.3, -0.25) is 9.36 Å². The van der Waals surface area contributed by atoms with Gasteiger partial charge in [0.05, 0.1) is 0 Å². The minimum absolute atomic E-state index is 0.101. The molecule has 0 saturated carbocycles. The third-order valence-electron chi connectivity index (χ3n) is 2.49. The molecular weight excluding hydrogens is 250 g/mol. The first-order valence-electron chi connectivity index (χ1n) is 5.51. The van der Waals surface area contributed by atoms with Crippen LogP contribution in [0.4, 0.5) is 0 Å². The molecule has 0 atom stereocenters. The van der Waals surface area contributed by atoms with Crippen LogP contribution in [0.1, 0.15) is 16.8 Å². The highest BCUT2D eigenvalue weighted by Gasteiger charge is 2.08. The quantitative estimate of drug-likeness (QED) is 0.655. The summed E-state index contributed by atoms with van der Waals surface area (Å²) in [5, 5.41) is 6.82. The predicted octanol–water partition coefficient (Wildman–Crippen LogP) is 1.47. The van der Waals surface area contributed by atoms with Gasteiger partial charge in [0.15, 0.2) is 10.9 Å². The van der Waals surface area contributed by atoms with Crippen molar-refractivity contribution in [1.29, 1.82) is 0 Å². The van der Waals surface area contributed by atoms with E-state index in [0.29, 0.717) is 22.9 Å². The fourth-order valence-corrected chi connectivity index (χ4v) is 2.32. The number of benzene rings is 1.